The highest BCUT2D eigenvalue weighted by molar-refractivity contribution is 7.14. The number of imidazole rings is 1. The lowest BCUT2D eigenvalue weighted by Gasteiger charge is -1.91. The van der Waals surface area contributed by atoms with Crippen LogP contribution in [0.3, 0.4) is 0 Å². The van der Waals surface area contributed by atoms with E-state index >= 15 is 0 Å². The zero-order chi connectivity index (χ0) is 7.84. The van der Waals surface area contributed by atoms with Gasteiger partial charge in [0.1, 0.15) is 5.51 Å². The average molecular weight is 168 g/mol. The summed E-state index contributed by atoms with van der Waals surface area (Å²) < 4.78 is 1.79. The van der Waals surface area contributed by atoms with Crippen LogP contribution in [0.1, 0.15) is 11.4 Å². The smallest absolute Gasteiger partial charge is 0.212 e. The molecule has 0 fully saturated rings. The molecule has 0 saturated heterocycles. The second-order valence-electron chi connectivity index (χ2n) is 2.28. The van der Waals surface area contributed by atoms with E-state index in [0.717, 1.165) is 16.3 Å². The maximum atomic E-state index is 5.52. The largest absolute Gasteiger partial charge is 0.325 e. The zero-order valence-electron chi connectivity index (χ0n) is 6.11. The molecule has 0 aliphatic carbocycles. The van der Waals surface area contributed by atoms with Crippen LogP contribution in [0.4, 0.5) is 0 Å². The predicted octanol–water partition coefficient (Wildman–Crippen LogP) is 0.558. The van der Waals surface area contributed by atoms with Crippen molar-refractivity contribution in [2.45, 2.75) is 13.5 Å². The topological polar surface area (TPSA) is 56.2 Å². The second-order valence-corrected chi connectivity index (χ2v) is 3.09. The first kappa shape index (κ1) is 6.75. The number of hydrogen-bond acceptors (Lipinski definition) is 4. The van der Waals surface area contributed by atoms with Gasteiger partial charge in [-0.2, -0.15) is 5.10 Å². The number of nitrogens with zero attached hydrogens (tertiary/aromatic N) is 3. The van der Waals surface area contributed by atoms with Crippen molar-refractivity contribution >= 4 is 16.3 Å². The van der Waals surface area contributed by atoms with Gasteiger partial charge in [0, 0.05) is 6.54 Å². The molecule has 0 saturated carbocycles. The third-order valence-corrected chi connectivity index (χ3v) is 2.31. The fourth-order valence-electron chi connectivity index (χ4n) is 1.07. The minimum atomic E-state index is 0.497. The highest BCUT2D eigenvalue weighted by Gasteiger charge is 2.07. The van der Waals surface area contributed by atoms with Crippen LogP contribution >= 0.6 is 11.3 Å². The van der Waals surface area contributed by atoms with Crippen LogP contribution in [0.25, 0.3) is 4.96 Å². The zero-order valence-corrected chi connectivity index (χ0v) is 6.93. The second kappa shape index (κ2) is 2.28. The first-order valence-electron chi connectivity index (χ1n) is 3.30. The van der Waals surface area contributed by atoms with Gasteiger partial charge in [-0.3, -0.25) is 0 Å². The molecule has 4 nitrogen and oxygen atoms in total. The lowest BCUT2D eigenvalue weighted by atomic mass is 10.3. The Morgan fingerprint density at radius 3 is 3.27 bits per heavy atom. The Morgan fingerprint density at radius 2 is 2.55 bits per heavy atom. The van der Waals surface area contributed by atoms with E-state index in [2.05, 4.69) is 10.1 Å². The van der Waals surface area contributed by atoms with E-state index in [0.29, 0.717) is 6.54 Å². The Balaban J connectivity index is 2.80. The minimum absolute atomic E-state index is 0.497. The average Bonchev–Trinajstić information content (AvgIpc) is 2.46. The van der Waals surface area contributed by atoms with Gasteiger partial charge >= 0.3 is 0 Å². The number of fused-ring (bicyclic) bond motifs is 1. The molecule has 2 rings (SSSR count). The van der Waals surface area contributed by atoms with E-state index in [-0.39, 0.29) is 0 Å². The minimum Gasteiger partial charge on any atom is -0.325 e. The summed E-state index contributed by atoms with van der Waals surface area (Å²) in [4.78, 5) is 5.20. The van der Waals surface area contributed by atoms with E-state index in [4.69, 9.17) is 5.73 Å². The fraction of sp³-hybridized carbons (Fsp3) is 0.333. The molecule has 0 radical (unpaired) electrons. The van der Waals surface area contributed by atoms with Crippen LogP contribution < -0.4 is 5.73 Å². The third-order valence-electron chi connectivity index (χ3n) is 1.63. The molecule has 0 amide bonds. The van der Waals surface area contributed by atoms with Gasteiger partial charge in [0.15, 0.2) is 0 Å². The number of hydrogen-bond donors (Lipinski definition) is 1. The first-order chi connectivity index (χ1) is 5.33. The molecule has 11 heavy (non-hydrogen) atoms. The Bertz CT molecular complexity index is 375. The van der Waals surface area contributed by atoms with E-state index in [9.17, 15) is 0 Å². The monoisotopic (exact) mass is 168 g/mol. The molecule has 0 spiro atoms. The summed E-state index contributed by atoms with van der Waals surface area (Å²) >= 11 is 1.52. The summed E-state index contributed by atoms with van der Waals surface area (Å²) in [5.41, 5.74) is 9.27. The molecule has 0 aromatic carbocycles. The van der Waals surface area contributed by atoms with Crippen molar-refractivity contribution in [1.29, 1.82) is 0 Å². The van der Waals surface area contributed by atoms with Gasteiger partial charge in [0.2, 0.25) is 4.96 Å². The first-order valence-corrected chi connectivity index (χ1v) is 4.18. The molecule has 0 aliphatic heterocycles. The van der Waals surface area contributed by atoms with E-state index in [1.807, 2.05) is 6.92 Å². The van der Waals surface area contributed by atoms with E-state index in [1.165, 1.54) is 11.3 Å². The molecule has 2 N–H and O–H groups in total. The third kappa shape index (κ3) is 0.849. The quantitative estimate of drug-likeness (QED) is 0.676. The number of nitrogens with two attached hydrogens (primary N) is 1. The van der Waals surface area contributed by atoms with Crippen LogP contribution in [-0.4, -0.2) is 14.6 Å². The maximum absolute atomic E-state index is 5.52. The molecular formula is C6H8N4S. The van der Waals surface area contributed by atoms with Crippen molar-refractivity contribution in [3.8, 4) is 0 Å². The molecule has 5 heteroatoms. The fourth-order valence-corrected chi connectivity index (χ4v) is 1.75. The number of aromatic nitrogens is 3. The Morgan fingerprint density at radius 1 is 1.73 bits per heavy atom. The van der Waals surface area contributed by atoms with Crippen molar-refractivity contribution in [1.82, 2.24) is 14.6 Å². The summed E-state index contributed by atoms with van der Waals surface area (Å²) in [5.74, 6) is 0. The maximum Gasteiger partial charge on any atom is 0.212 e. The van der Waals surface area contributed by atoms with Crippen LogP contribution in [0.5, 0.6) is 0 Å². The summed E-state index contributed by atoms with van der Waals surface area (Å²) in [6, 6.07) is 0. The van der Waals surface area contributed by atoms with Gasteiger partial charge in [-0.05, 0) is 6.92 Å². The SMILES string of the molecule is Cc1nc2scnn2c1CN. The van der Waals surface area contributed by atoms with Gasteiger partial charge in [-0.15, -0.1) is 0 Å². The van der Waals surface area contributed by atoms with Crippen LogP contribution in [0.15, 0.2) is 5.51 Å². The van der Waals surface area contributed by atoms with Crippen molar-refractivity contribution in [2.24, 2.45) is 5.73 Å². The van der Waals surface area contributed by atoms with E-state index in [1.54, 1.807) is 10.0 Å². The number of aryl methyl sites for hydroxylation is 1. The summed E-state index contributed by atoms with van der Waals surface area (Å²) in [7, 11) is 0. The van der Waals surface area contributed by atoms with Crippen molar-refractivity contribution in [3.63, 3.8) is 0 Å². The molecule has 0 unspecified atom stereocenters. The Hall–Kier alpha value is -0.940. The summed E-state index contributed by atoms with van der Waals surface area (Å²) in [6.07, 6.45) is 0. The standard InChI is InChI=1S/C6H8N4S/c1-4-5(2-7)10-6(9-4)11-3-8-10/h3H,2,7H2,1H3. The molecule has 0 atom stereocenters. The highest BCUT2D eigenvalue weighted by Crippen LogP contribution is 2.13. The number of rotatable bonds is 1. The molecule has 2 aromatic heterocycles. The Kier molecular flexibility index (Phi) is 1.40. The Labute approximate surface area is 67.7 Å². The van der Waals surface area contributed by atoms with Crippen LogP contribution in [0.2, 0.25) is 0 Å². The lowest BCUT2D eigenvalue weighted by Crippen LogP contribution is -2.02. The van der Waals surface area contributed by atoms with Crippen molar-refractivity contribution in [2.75, 3.05) is 0 Å². The molecular weight excluding hydrogens is 160 g/mol. The van der Waals surface area contributed by atoms with E-state index < -0.39 is 0 Å². The van der Waals surface area contributed by atoms with Gasteiger partial charge in [-0.25, -0.2) is 9.50 Å². The van der Waals surface area contributed by atoms with Gasteiger partial charge in [0.25, 0.3) is 0 Å². The van der Waals surface area contributed by atoms with Crippen molar-refractivity contribution in [3.05, 3.63) is 16.9 Å². The van der Waals surface area contributed by atoms with Gasteiger partial charge in [0.05, 0.1) is 11.4 Å². The normalized spacial score (nSPS) is 11.1. The molecule has 58 valence electrons. The van der Waals surface area contributed by atoms with Gasteiger partial charge < -0.3 is 5.73 Å². The van der Waals surface area contributed by atoms with Crippen LogP contribution in [0, 0.1) is 6.92 Å². The van der Waals surface area contributed by atoms with Gasteiger partial charge in [-0.1, -0.05) is 11.3 Å². The molecule has 0 bridgehead atoms. The predicted molar refractivity (Wildman–Crippen MR) is 43.5 cm³/mol. The van der Waals surface area contributed by atoms with Crippen LogP contribution in [-0.2, 0) is 6.54 Å². The molecule has 2 aromatic rings. The molecule has 2 heterocycles. The molecule has 0 aliphatic rings. The summed E-state index contributed by atoms with van der Waals surface area (Å²) in [5, 5.41) is 4.10. The lowest BCUT2D eigenvalue weighted by molar-refractivity contribution is 0.856. The highest BCUT2D eigenvalue weighted by atomic mass is 32.1. The van der Waals surface area contributed by atoms with Crippen molar-refractivity contribution < 1.29 is 0 Å². The summed E-state index contributed by atoms with van der Waals surface area (Å²) in [6.45, 7) is 2.44.